The van der Waals surface area contributed by atoms with Crippen molar-refractivity contribution in [1.82, 2.24) is 15.2 Å². The molecule has 43 heavy (non-hydrogen) atoms. The van der Waals surface area contributed by atoms with E-state index in [1.807, 2.05) is 35.2 Å². The number of hydrogen-bond donors (Lipinski definition) is 3. The molecule has 1 fully saturated rings. The van der Waals surface area contributed by atoms with Crippen molar-refractivity contribution in [1.29, 1.82) is 0 Å². The van der Waals surface area contributed by atoms with Crippen molar-refractivity contribution in [3.63, 3.8) is 0 Å². The van der Waals surface area contributed by atoms with Crippen molar-refractivity contribution in [3.05, 3.63) is 95.6 Å². The Kier molecular flexibility index (Phi) is 11.4. The minimum Gasteiger partial charge on any atom is -0.347 e. The van der Waals surface area contributed by atoms with Crippen LogP contribution in [-0.4, -0.2) is 52.3 Å². The number of carbonyl (C=O) groups excluding carboxylic acids is 3. The fraction of sp³-hybridized carbons (Fsp3) is 0.412. The Morgan fingerprint density at radius 3 is 2.51 bits per heavy atom. The average molecular weight is 588 g/mol. The van der Waals surface area contributed by atoms with E-state index in [4.69, 9.17) is 5.73 Å². The Balaban J connectivity index is 1.45. The van der Waals surface area contributed by atoms with Gasteiger partial charge in [0, 0.05) is 48.7 Å². The van der Waals surface area contributed by atoms with E-state index < -0.39 is 18.0 Å². The van der Waals surface area contributed by atoms with Crippen LogP contribution in [0.5, 0.6) is 0 Å². The molecule has 1 aromatic heterocycles. The SMILES string of the molecule is CCCC[C@H]1CCCN1C(=O)c1cncc(C(=O)N[C@@H](Cc2ccccc2)[C@@H](N)C[C@@H](C)C(=O)Nc2ccc(F)cc2)c1. The number of nitrogens with two attached hydrogens (primary N) is 1. The molecule has 2 heterocycles. The van der Waals surface area contributed by atoms with Gasteiger partial charge >= 0.3 is 0 Å². The summed E-state index contributed by atoms with van der Waals surface area (Å²) in [5.74, 6) is -1.59. The van der Waals surface area contributed by atoms with Crippen LogP contribution in [0, 0.1) is 11.7 Å². The first kappa shape index (κ1) is 31.8. The smallest absolute Gasteiger partial charge is 0.255 e. The quantitative estimate of drug-likeness (QED) is 0.249. The van der Waals surface area contributed by atoms with Gasteiger partial charge in [-0.15, -0.1) is 0 Å². The van der Waals surface area contributed by atoms with E-state index in [2.05, 4.69) is 22.5 Å². The third kappa shape index (κ3) is 8.94. The van der Waals surface area contributed by atoms with Crippen LogP contribution in [0.1, 0.15) is 78.7 Å². The maximum Gasteiger partial charge on any atom is 0.255 e. The number of rotatable bonds is 13. The van der Waals surface area contributed by atoms with E-state index in [1.54, 1.807) is 13.0 Å². The molecule has 8 nitrogen and oxygen atoms in total. The normalized spacial score (nSPS) is 16.7. The molecule has 4 N–H and O–H groups in total. The summed E-state index contributed by atoms with van der Waals surface area (Å²) in [7, 11) is 0. The van der Waals surface area contributed by atoms with Crippen LogP contribution in [0.2, 0.25) is 0 Å². The van der Waals surface area contributed by atoms with Crippen LogP contribution in [-0.2, 0) is 11.2 Å². The Hall–Kier alpha value is -4.11. The van der Waals surface area contributed by atoms with E-state index in [0.717, 1.165) is 37.7 Å². The second-order valence-corrected chi connectivity index (χ2v) is 11.5. The maximum absolute atomic E-state index is 13.5. The van der Waals surface area contributed by atoms with Crippen molar-refractivity contribution in [2.24, 2.45) is 11.7 Å². The summed E-state index contributed by atoms with van der Waals surface area (Å²) in [6, 6.07) is 16.0. The van der Waals surface area contributed by atoms with Gasteiger partial charge in [-0.1, -0.05) is 57.0 Å². The topological polar surface area (TPSA) is 117 Å². The molecular formula is C34H42FN5O3. The number of carbonyl (C=O) groups is 3. The van der Waals surface area contributed by atoms with Crippen LogP contribution in [0.3, 0.4) is 0 Å². The lowest BCUT2D eigenvalue weighted by molar-refractivity contribution is -0.119. The molecule has 1 saturated heterocycles. The summed E-state index contributed by atoms with van der Waals surface area (Å²) in [5.41, 5.74) is 8.79. The predicted molar refractivity (Wildman–Crippen MR) is 166 cm³/mol. The van der Waals surface area contributed by atoms with Gasteiger partial charge in [0.2, 0.25) is 5.91 Å². The van der Waals surface area contributed by atoms with Gasteiger partial charge < -0.3 is 21.3 Å². The second-order valence-electron chi connectivity index (χ2n) is 11.5. The number of likely N-dealkylation sites (tertiary alicyclic amines) is 1. The van der Waals surface area contributed by atoms with Crippen molar-refractivity contribution < 1.29 is 18.8 Å². The number of halogens is 1. The largest absolute Gasteiger partial charge is 0.347 e. The highest BCUT2D eigenvalue weighted by molar-refractivity contribution is 5.99. The Morgan fingerprint density at radius 2 is 1.79 bits per heavy atom. The molecule has 4 rings (SSSR count). The number of aromatic nitrogens is 1. The van der Waals surface area contributed by atoms with Gasteiger partial charge in [0.05, 0.1) is 11.1 Å². The van der Waals surface area contributed by atoms with Crippen LogP contribution < -0.4 is 16.4 Å². The minimum absolute atomic E-state index is 0.0979. The Morgan fingerprint density at radius 1 is 1.07 bits per heavy atom. The fourth-order valence-corrected chi connectivity index (χ4v) is 5.60. The molecule has 3 aromatic rings. The third-order valence-corrected chi connectivity index (χ3v) is 8.09. The second kappa shape index (κ2) is 15.4. The van der Waals surface area contributed by atoms with E-state index in [0.29, 0.717) is 30.6 Å². The third-order valence-electron chi connectivity index (χ3n) is 8.09. The van der Waals surface area contributed by atoms with Crippen LogP contribution in [0.25, 0.3) is 0 Å². The van der Waals surface area contributed by atoms with Gasteiger partial charge in [0.1, 0.15) is 5.82 Å². The Labute approximate surface area is 253 Å². The summed E-state index contributed by atoms with van der Waals surface area (Å²) >= 11 is 0. The lowest BCUT2D eigenvalue weighted by Gasteiger charge is -2.27. The molecule has 0 spiro atoms. The van der Waals surface area contributed by atoms with Gasteiger partial charge in [-0.25, -0.2) is 4.39 Å². The highest BCUT2D eigenvalue weighted by Gasteiger charge is 2.30. The molecule has 0 bridgehead atoms. The lowest BCUT2D eigenvalue weighted by atomic mass is 9.92. The lowest BCUT2D eigenvalue weighted by Crippen LogP contribution is -2.50. The summed E-state index contributed by atoms with van der Waals surface area (Å²) < 4.78 is 13.3. The number of unbranched alkanes of at least 4 members (excludes halogenated alkanes) is 1. The zero-order valence-corrected chi connectivity index (χ0v) is 25.0. The number of anilines is 1. The van der Waals surface area contributed by atoms with Crippen LogP contribution in [0.4, 0.5) is 10.1 Å². The molecule has 0 unspecified atom stereocenters. The van der Waals surface area contributed by atoms with Crippen molar-refractivity contribution >= 4 is 23.4 Å². The van der Waals surface area contributed by atoms with Gasteiger partial charge in [-0.2, -0.15) is 0 Å². The van der Waals surface area contributed by atoms with Crippen LogP contribution >= 0.6 is 0 Å². The fourth-order valence-electron chi connectivity index (χ4n) is 5.60. The minimum atomic E-state index is -0.556. The van der Waals surface area contributed by atoms with E-state index in [9.17, 15) is 18.8 Å². The Bertz CT molecular complexity index is 1370. The highest BCUT2D eigenvalue weighted by Crippen LogP contribution is 2.24. The van der Waals surface area contributed by atoms with E-state index in [-0.39, 0.29) is 35.1 Å². The number of hydrogen-bond acceptors (Lipinski definition) is 5. The predicted octanol–water partition coefficient (Wildman–Crippen LogP) is 5.35. The molecule has 0 saturated carbocycles. The molecule has 2 aromatic carbocycles. The number of amides is 3. The molecule has 1 aliphatic rings. The van der Waals surface area contributed by atoms with Gasteiger partial charge in [-0.3, -0.25) is 19.4 Å². The van der Waals surface area contributed by atoms with E-state index in [1.165, 1.54) is 36.7 Å². The summed E-state index contributed by atoms with van der Waals surface area (Å²) in [6.07, 6.45) is 8.84. The van der Waals surface area contributed by atoms with Gasteiger partial charge in [0.15, 0.2) is 0 Å². The zero-order valence-electron chi connectivity index (χ0n) is 25.0. The molecule has 1 aliphatic heterocycles. The number of nitrogens with zero attached hydrogens (tertiary/aromatic N) is 2. The number of benzene rings is 2. The van der Waals surface area contributed by atoms with Gasteiger partial charge in [0.25, 0.3) is 11.8 Å². The van der Waals surface area contributed by atoms with Crippen molar-refractivity contribution in [3.8, 4) is 0 Å². The summed E-state index contributed by atoms with van der Waals surface area (Å²) in [4.78, 5) is 45.9. The maximum atomic E-state index is 13.5. The molecular weight excluding hydrogens is 545 g/mol. The molecule has 228 valence electrons. The summed E-state index contributed by atoms with van der Waals surface area (Å²) in [5, 5.41) is 5.84. The first-order chi connectivity index (χ1) is 20.7. The molecule has 3 amide bonds. The zero-order chi connectivity index (χ0) is 30.8. The number of pyridine rings is 1. The van der Waals surface area contributed by atoms with Crippen molar-refractivity contribution in [2.75, 3.05) is 11.9 Å². The molecule has 0 radical (unpaired) electrons. The molecule has 9 heteroatoms. The molecule has 0 aliphatic carbocycles. The monoisotopic (exact) mass is 587 g/mol. The van der Waals surface area contributed by atoms with Crippen molar-refractivity contribution in [2.45, 2.75) is 76.9 Å². The van der Waals surface area contributed by atoms with E-state index >= 15 is 0 Å². The van der Waals surface area contributed by atoms with Crippen LogP contribution in [0.15, 0.2) is 73.1 Å². The summed E-state index contributed by atoms with van der Waals surface area (Å²) in [6.45, 7) is 4.63. The first-order valence-electron chi connectivity index (χ1n) is 15.2. The van der Waals surface area contributed by atoms with Gasteiger partial charge in [-0.05, 0) is 68.0 Å². The number of nitrogens with one attached hydrogen (secondary N) is 2. The average Bonchev–Trinajstić information content (AvgIpc) is 3.49. The highest BCUT2D eigenvalue weighted by atomic mass is 19.1. The standard InChI is InChI=1S/C34H42FN5O3/c1-3-4-11-29-12-8-17-40(29)34(43)26-20-25(21-37-22-26)33(42)39-31(19-24-9-6-5-7-10-24)30(36)18-23(2)32(41)38-28-15-13-27(35)14-16-28/h5-7,9-10,13-16,20-23,29-31H,3-4,8,11-12,17-19,36H2,1-2H3,(H,38,41)(H,39,42)/t23-,29+,30+,31+/m1/s1. The molecule has 4 atom stereocenters. The first-order valence-corrected chi connectivity index (χ1v) is 15.2.